The molecular weight excluding hydrogens is 350 g/mol. The Morgan fingerprint density at radius 3 is 2.29 bits per heavy atom. The summed E-state index contributed by atoms with van der Waals surface area (Å²) >= 11 is 0. The topological polar surface area (TPSA) is 51.7 Å². The number of hydrogen-bond donors (Lipinski definition) is 1. The van der Waals surface area contributed by atoms with Crippen molar-refractivity contribution in [2.75, 3.05) is 54.4 Å². The number of aromatic nitrogens is 1. The van der Waals surface area contributed by atoms with Crippen LogP contribution in [0.2, 0.25) is 0 Å². The van der Waals surface area contributed by atoms with Gasteiger partial charge >= 0.3 is 6.03 Å². The van der Waals surface area contributed by atoms with Crippen molar-refractivity contribution in [2.24, 2.45) is 5.92 Å². The molecule has 2 aliphatic heterocycles. The van der Waals surface area contributed by atoms with E-state index in [1.807, 2.05) is 41.4 Å². The van der Waals surface area contributed by atoms with Crippen LogP contribution in [0, 0.1) is 5.92 Å². The Bertz CT molecular complexity index is 763. The molecular formula is C22H29N5O. The first-order valence-electron chi connectivity index (χ1n) is 10.3. The van der Waals surface area contributed by atoms with Crippen LogP contribution >= 0.6 is 0 Å². The maximum Gasteiger partial charge on any atom is 0.321 e. The molecule has 6 heteroatoms. The SMILES string of the molecule is CC1CCN(c2ccc(NC(=O)N3CCN(c4ccccn4)CC3)cc2)CC1. The van der Waals surface area contributed by atoms with E-state index in [1.54, 1.807) is 0 Å². The molecule has 0 spiro atoms. The van der Waals surface area contributed by atoms with E-state index in [2.05, 4.69) is 39.2 Å². The number of benzene rings is 1. The zero-order valence-corrected chi connectivity index (χ0v) is 16.6. The molecule has 6 nitrogen and oxygen atoms in total. The second-order valence-electron chi connectivity index (χ2n) is 7.81. The van der Waals surface area contributed by atoms with Gasteiger partial charge in [0.15, 0.2) is 0 Å². The Balaban J connectivity index is 1.28. The van der Waals surface area contributed by atoms with Gasteiger partial charge in [-0.2, -0.15) is 0 Å². The van der Waals surface area contributed by atoms with Gasteiger partial charge in [0.25, 0.3) is 0 Å². The van der Waals surface area contributed by atoms with E-state index in [1.165, 1.54) is 18.5 Å². The van der Waals surface area contributed by atoms with Crippen LogP contribution in [0.25, 0.3) is 0 Å². The Labute approximate surface area is 167 Å². The number of carbonyl (C=O) groups is 1. The summed E-state index contributed by atoms with van der Waals surface area (Å²) in [7, 11) is 0. The minimum Gasteiger partial charge on any atom is -0.372 e. The van der Waals surface area contributed by atoms with Gasteiger partial charge in [-0.25, -0.2) is 9.78 Å². The molecule has 0 aliphatic carbocycles. The van der Waals surface area contributed by atoms with Gasteiger partial charge in [0, 0.05) is 56.8 Å². The number of piperidine rings is 1. The maximum absolute atomic E-state index is 12.6. The number of pyridine rings is 1. The minimum atomic E-state index is -0.0276. The van der Waals surface area contributed by atoms with Crippen molar-refractivity contribution in [3.05, 3.63) is 48.7 Å². The summed E-state index contributed by atoms with van der Waals surface area (Å²) < 4.78 is 0. The van der Waals surface area contributed by atoms with Crippen LogP contribution in [0.4, 0.5) is 22.0 Å². The van der Waals surface area contributed by atoms with Gasteiger partial charge in [0.2, 0.25) is 0 Å². The van der Waals surface area contributed by atoms with Gasteiger partial charge in [-0.15, -0.1) is 0 Å². The number of rotatable bonds is 3. The largest absolute Gasteiger partial charge is 0.372 e. The highest BCUT2D eigenvalue weighted by molar-refractivity contribution is 5.89. The molecule has 1 aromatic carbocycles. The maximum atomic E-state index is 12.6. The van der Waals surface area contributed by atoms with Gasteiger partial charge in [0.1, 0.15) is 5.82 Å². The molecule has 28 heavy (non-hydrogen) atoms. The lowest BCUT2D eigenvalue weighted by atomic mass is 9.99. The normalized spacial score (nSPS) is 18.2. The lowest BCUT2D eigenvalue weighted by Gasteiger charge is -2.35. The third kappa shape index (κ3) is 4.38. The third-order valence-corrected chi connectivity index (χ3v) is 5.81. The second kappa shape index (κ2) is 8.50. The van der Waals surface area contributed by atoms with E-state index < -0.39 is 0 Å². The lowest BCUT2D eigenvalue weighted by Crippen LogP contribution is -2.50. The number of amides is 2. The van der Waals surface area contributed by atoms with Crippen molar-refractivity contribution in [2.45, 2.75) is 19.8 Å². The summed E-state index contributed by atoms with van der Waals surface area (Å²) in [6.07, 6.45) is 4.31. The highest BCUT2D eigenvalue weighted by Crippen LogP contribution is 2.24. The first-order chi connectivity index (χ1) is 13.7. The van der Waals surface area contributed by atoms with Crippen LogP contribution in [-0.4, -0.2) is 55.2 Å². The van der Waals surface area contributed by atoms with Crippen LogP contribution in [-0.2, 0) is 0 Å². The summed E-state index contributed by atoms with van der Waals surface area (Å²) in [5.41, 5.74) is 2.10. The number of carbonyl (C=O) groups excluding carboxylic acids is 1. The number of piperazine rings is 1. The summed E-state index contributed by atoms with van der Waals surface area (Å²) in [5, 5.41) is 3.04. The molecule has 1 aromatic heterocycles. The van der Waals surface area contributed by atoms with E-state index in [0.717, 1.165) is 43.6 Å². The number of urea groups is 1. The van der Waals surface area contributed by atoms with E-state index in [9.17, 15) is 4.79 Å². The van der Waals surface area contributed by atoms with Crippen molar-refractivity contribution in [3.8, 4) is 0 Å². The molecule has 0 unspecified atom stereocenters. The van der Waals surface area contributed by atoms with Gasteiger partial charge in [-0.05, 0) is 55.2 Å². The van der Waals surface area contributed by atoms with Crippen molar-refractivity contribution >= 4 is 23.2 Å². The summed E-state index contributed by atoms with van der Waals surface area (Å²) in [6.45, 7) is 7.57. The predicted molar refractivity (Wildman–Crippen MR) is 114 cm³/mol. The van der Waals surface area contributed by atoms with E-state index in [-0.39, 0.29) is 6.03 Å². The van der Waals surface area contributed by atoms with Crippen LogP contribution in [0.1, 0.15) is 19.8 Å². The summed E-state index contributed by atoms with van der Waals surface area (Å²) in [6, 6.07) is 14.2. The highest BCUT2D eigenvalue weighted by atomic mass is 16.2. The fourth-order valence-corrected chi connectivity index (χ4v) is 3.90. The number of anilines is 3. The lowest BCUT2D eigenvalue weighted by molar-refractivity contribution is 0.208. The number of hydrogen-bond acceptors (Lipinski definition) is 4. The Morgan fingerprint density at radius 2 is 1.64 bits per heavy atom. The average Bonchev–Trinajstić information content (AvgIpc) is 2.76. The summed E-state index contributed by atoms with van der Waals surface area (Å²) in [4.78, 5) is 23.5. The molecule has 0 saturated carbocycles. The molecule has 0 radical (unpaired) electrons. The van der Waals surface area contributed by atoms with Crippen molar-refractivity contribution in [3.63, 3.8) is 0 Å². The van der Waals surface area contributed by atoms with Gasteiger partial charge in [0.05, 0.1) is 0 Å². The quantitative estimate of drug-likeness (QED) is 0.884. The zero-order chi connectivity index (χ0) is 19.3. The molecule has 148 valence electrons. The summed E-state index contributed by atoms with van der Waals surface area (Å²) in [5.74, 6) is 1.80. The second-order valence-corrected chi connectivity index (χ2v) is 7.81. The van der Waals surface area contributed by atoms with Gasteiger partial charge in [-0.1, -0.05) is 13.0 Å². The minimum absolute atomic E-state index is 0.0276. The fourth-order valence-electron chi connectivity index (χ4n) is 3.90. The van der Waals surface area contributed by atoms with Crippen LogP contribution in [0.15, 0.2) is 48.7 Å². The first-order valence-corrected chi connectivity index (χ1v) is 10.3. The van der Waals surface area contributed by atoms with Crippen LogP contribution < -0.4 is 15.1 Å². The van der Waals surface area contributed by atoms with Gasteiger partial charge < -0.3 is 20.0 Å². The number of nitrogens with zero attached hydrogens (tertiary/aromatic N) is 4. The average molecular weight is 380 g/mol. The van der Waals surface area contributed by atoms with Crippen LogP contribution in [0.3, 0.4) is 0 Å². The molecule has 3 heterocycles. The molecule has 1 N–H and O–H groups in total. The predicted octanol–water partition coefficient (Wildman–Crippen LogP) is 3.67. The van der Waals surface area contributed by atoms with Crippen molar-refractivity contribution < 1.29 is 4.79 Å². The first kappa shape index (κ1) is 18.6. The highest BCUT2D eigenvalue weighted by Gasteiger charge is 2.22. The molecule has 2 aromatic rings. The molecule has 2 saturated heterocycles. The van der Waals surface area contributed by atoms with E-state index in [4.69, 9.17) is 0 Å². The molecule has 2 amide bonds. The molecule has 2 fully saturated rings. The zero-order valence-electron chi connectivity index (χ0n) is 16.6. The Hall–Kier alpha value is -2.76. The molecule has 0 bridgehead atoms. The monoisotopic (exact) mass is 379 g/mol. The van der Waals surface area contributed by atoms with Crippen molar-refractivity contribution in [1.82, 2.24) is 9.88 Å². The van der Waals surface area contributed by atoms with E-state index in [0.29, 0.717) is 13.1 Å². The van der Waals surface area contributed by atoms with Crippen LogP contribution in [0.5, 0.6) is 0 Å². The third-order valence-electron chi connectivity index (χ3n) is 5.81. The van der Waals surface area contributed by atoms with E-state index >= 15 is 0 Å². The smallest absolute Gasteiger partial charge is 0.321 e. The van der Waals surface area contributed by atoms with Gasteiger partial charge in [-0.3, -0.25) is 0 Å². The Morgan fingerprint density at radius 1 is 0.929 bits per heavy atom. The molecule has 2 aliphatic rings. The standard InChI is InChI=1S/C22H29N5O/c1-18-9-12-25(13-10-18)20-7-5-19(6-8-20)24-22(28)27-16-14-26(15-17-27)21-4-2-3-11-23-21/h2-8,11,18H,9-10,12-17H2,1H3,(H,24,28). The molecule has 4 rings (SSSR count). The van der Waals surface area contributed by atoms with Crippen molar-refractivity contribution in [1.29, 1.82) is 0 Å². The number of nitrogens with one attached hydrogen (secondary N) is 1. The fraction of sp³-hybridized carbons (Fsp3) is 0.455. The molecule has 0 atom stereocenters. The Kier molecular flexibility index (Phi) is 5.65.